The SMILES string of the molecule is O=C(c1cn2cc(-c3cccc(CO)c3)ccc2n1)N1CCOc2ccccc21. The first kappa shape index (κ1) is 17.5. The van der Waals surface area contributed by atoms with E-state index in [1.807, 2.05) is 71.3 Å². The third-order valence-corrected chi connectivity index (χ3v) is 5.09. The fourth-order valence-corrected chi connectivity index (χ4v) is 3.63. The zero-order chi connectivity index (χ0) is 19.8. The molecule has 144 valence electrons. The van der Waals surface area contributed by atoms with Crippen LogP contribution in [0.5, 0.6) is 5.75 Å². The minimum absolute atomic E-state index is 0.000826. The number of nitrogens with zero attached hydrogens (tertiary/aromatic N) is 3. The number of fused-ring (bicyclic) bond motifs is 2. The van der Waals surface area contributed by atoms with Gasteiger partial charge in [0.05, 0.1) is 18.8 Å². The second-order valence-electron chi connectivity index (χ2n) is 6.94. The second kappa shape index (κ2) is 7.07. The molecule has 0 fully saturated rings. The van der Waals surface area contributed by atoms with E-state index < -0.39 is 0 Å². The number of aliphatic hydroxyl groups excluding tert-OH is 1. The maximum Gasteiger partial charge on any atom is 0.278 e. The third-order valence-electron chi connectivity index (χ3n) is 5.09. The number of aliphatic hydroxyl groups is 1. The Kier molecular flexibility index (Phi) is 4.26. The number of benzene rings is 2. The van der Waals surface area contributed by atoms with Gasteiger partial charge in [0.1, 0.15) is 23.7 Å². The predicted molar refractivity (Wildman–Crippen MR) is 110 cm³/mol. The van der Waals surface area contributed by atoms with E-state index in [2.05, 4.69) is 4.98 Å². The molecule has 0 bridgehead atoms. The first-order valence-corrected chi connectivity index (χ1v) is 9.45. The topological polar surface area (TPSA) is 67.1 Å². The van der Waals surface area contributed by atoms with Gasteiger partial charge >= 0.3 is 0 Å². The number of rotatable bonds is 3. The van der Waals surface area contributed by atoms with Gasteiger partial charge in [0.15, 0.2) is 0 Å². The van der Waals surface area contributed by atoms with Gasteiger partial charge in [0.2, 0.25) is 0 Å². The van der Waals surface area contributed by atoms with Crippen LogP contribution in [0, 0.1) is 0 Å². The van der Waals surface area contributed by atoms with Crippen LogP contribution in [0.2, 0.25) is 0 Å². The molecule has 29 heavy (non-hydrogen) atoms. The highest BCUT2D eigenvalue weighted by Crippen LogP contribution is 2.32. The number of para-hydroxylation sites is 2. The van der Waals surface area contributed by atoms with Crippen molar-refractivity contribution in [1.29, 1.82) is 0 Å². The average Bonchev–Trinajstić information content (AvgIpc) is 3.21. The van der Waals surface area contributed by atoms with E-state index in [9.17, 15) is 9.90 Å². The van der Waals surface area contributed by atoms with Crippen LogP contribution in [0.25, 0.3) is 16.8 Å². The highest BCUT2D eigenvalue weighted by molar-refractivity contribution is 6.06. The van der Waals surface area contributed by atoms with E-state index in [-0.39, 0.29) is 12.5 Å². The van der Waals surface area contributed by atoms with Gasteiger partial charge in [0.25, 0.3) is 5.91 Å². The summed E-state index contributed by atoms with van der Waals surface area (Å²) in [7, 11) is 0. The van der Waals surface area contributed by atoms with E-state index in [1.54, 1.807) is 11.1 Å². The summed E-state index contributed by atoms with van der Waals surface area (Å²) < 4.78 is 7.51. The lowest BCUT2D eigenvalue weighted by molar-refractivity contribution is 0.0972. The molecule has 1 aliphatic rings. The number of pyridine rings is 1. The highest BCUT2D eigenvalue weighted by atomic mass is 16.5. The van der Waals surface area contributed by atoms with Gasteiger partial charge in [0, 0.05) is 12.4 Å². The lowest BCUT2D eigenvalue weighted by atomic mass is 10.1. The van der Waals surface area contributed by atoms with Gasteiger partial charge in [-0.25, -0.2) is 4.98 Å². The Labute approximate surface area is 167 Å². The maximum absolute atomic E-state index is 13.1. The third kappa shape index (κ3) is 3.13. The number of anilines is 1. The Hall–Kier alpha value is -3.64. The van der Waals surface area contributed by atoms with Crippen molar-refractivity contribution in [3.63, 3.8) is 0 Å². The molecule has 5 rings (SSSR count). The molecule has 6 nitrogen and oxygen atoms in total. The Morgan fingerprint density at radius 1 is 1.03 bits per heavy atom. The fourth-order valence-electron chi connectivity index (χ4n) is 3.63. The summed E-state index contributed by atoms with van der Waals surface area (Å²) in [4.78, 5) is 19.4. The molecule has 4 aromatic rings. The van der Waals surface area contributed by atoms with Crippen molar-refractivity contribution in [3.8, 4) is 16.9 Å². The summed E-state index contributed by atoms with van der Waals surface area (Å²) in [6.45, 7) is 0.950. The first-order valence-electron chi connectivity index (χ1n) is 9.45. The zero-order valence-electron chi connectivity index (χ0n) is 15.7. The van der Waals surface area contributed by atoms with Crippen molar-refractivity contribution in [3.05, 3.63) is 84.3 Å². The fraction of sp³-hybridized carbons (Fsp3) is 0.130. The van der Waals surface area contributed by atoms with Crippen LogP contribution in [0.3, 0.4) is 0 Å². The maximum atomic E-state index is 13.1. The van der Waals surface area contributed by atoms with Gasteiger partial charge in [-0.15, -0.1) is 0 Å². The molecule has 1 aliphatic heterocycles. The molecule has 0 atom stereocenters. The molecule has 0 unspecified atom stereocenters. The Bertz CT molecular complexity index is 1210. The standard InChI is InChI=1S/C23H19N3O3/c27-15-16-4-3-5-17(12-16)18-8-9-22-24-19(14-25(22)13-18)23(28)26-10-11-29-21-7-2-1-6-20(21)26/h1-9,12-14,27H,10-11,15H2. The first-order chi connectivity index (χ1) is 14.2. The smallest absolute Gasteiger partial charge is 0.278 e. The molecular formula is C23H19N3O3. The summed E-state index contributed by atoms with van der Waals surface area (Å²) in [6.07, 6.45) is 3.71. The van der Waals surface area contributed by atoms with Crippen LogP contribution in [0.15, 0.2) is 73.1 Å². The average molecular weight is 385 g/mol. The van der Waals surface area contributed by atoms with Crippen LogP contribution >= 0.6 is 0 Å². The van der Waals surface area contributed by atoms with Crippen molar-refractivity contribution in [2.45, 2.75) is 6.61 Å². The monoisotopic (exact) mass is 385 g/mol. The van der Waals surface area contributed by atoms with Gasteiger partial charge in [-0.3, -0.25) is 4.79 Å². The van der Waals surface area contributed by atoms with Crippen LogP contribution in [-0.4, -0.2) is 33.6 Å². The largest absolute Gasteiger partial charge is 0.490 e. The van der Waals surface area contributed by atoms with Crippen molar-refractivity contribution in [2.75, 3.05) is 18.1 Å². The Morgan fingerprint density at radius 3 is 2.83 bits per heavy atom. The van der Waals surface area contributed by atoms with Gasteiger partial charge in [-0.05, 0) is 47.0 Å². The number of hydrogen-bond donors (Lipinski definition) is 1. The second-order valence-corrected chi connectivity index (χ2v) is 6.94. The summed E-state index contributed by atoms with van der Waals surface area (Å²) in [5.41, 5.74) is 4.71. The van der Waals surface area contributed by atoms with Gasteiger partial charge in [-0.1, -0.05) is 30.3 Å². The molecule has 0 spiro atoms. The molecule has 6 heteroatoms. The summed E-state index contributed by atoms with van der Waals surface area (Å²) in [5.74, 6) is 0.565. The number of hydrogen-bond acceptors (Lipinski definition) is 4. The van der Waals surface area contributed by atoms with Crippen molar-refractivity contribution in [1.82, 2.24) is 9.38 Å². The number of amides is 1. The van der Waals surface area contributed by atoms with E-state index in [4.69, 9.17) is 4.74 Å². The van der Waals surface area contributed by atoms with Crippen LogP contribution in [-0.2, 0) is 6.61 Å². The lowest BCUT2D eigenvalue weighted by Gasteiger charge is -2.28. The highest BCUT2D eigenvalue weighted by Gasteiger charge is 2.26. The number of aromatic nitrogens is 2. The Morgan fingerprint density at radius 2 is 1.93 bits per heavy atom. The minimum atomic E-state index is -0.145. The van der Waals surface area contributed by atoms with Gasteiger partial charge in [-0.2, -0.15) is 0 Å². The molecule has 0 saturated carbocycles. The summed E-state index contributed by atoms with van der Waals surface area (Å²) in [6, 6.07) is 19.2. The minimum Gasteiger partial charge on any atom is -0.490 e. The summed E-state index contributed by atoms with van der Waals surface area (Å²) >= 11 is 0. The number of carbonyl (C=O) groups is 1. The Balaban J connectivity index is 1.50. The number of ether oxygens (including phenoxy) is 1. The molecule has 2 aromatic carbocycles. The lowest BCUT2D eigenvalue weighted by Crippen LogP contribution is -2.38. The van der Waals surface area contributed by atoms with E-state index >= 15 is 0 Å². The van der Waals surface area contributed by atoms with Crippen LogP contribution in [0.1, 0.15) is 16.1 Å². The molecule has 3 heterocycles. The normalized spacial score (nSPS) is 13.2. The molecule has 1 amide bonds. The quantitative estimate of drug-likeness (QED) is 0.586. The van der Waals surface area contributed by atoms with E-state index in [0.29, 0.717) is 30.2 Å². The number of imidazole rings is 1. The molecule has 1 N–H and O–H groups in total. The van der Waals surface area contributed by atoms with Crippen molar-refractivity contribution >= 4 is 17.2 Å². The predicted octanol–water partition coefficient (Wildman–Crippen LogP) is 3.53. The molecule has 2 aromatic heterocycles. The van der Waals surface area contributed by atoms with Crippen LogP contribution < -0.4 is 9.64 Å². The summed E-state index contributed by atoms with van der Waals surface area (Å²) in [5, 5.41) is 9.37. The molecule has 0 saturated heterocycles. The van der Waals surface area contributed by atoms with Crippen molar-refractivity contribution in [2.24, 2.45) is 0 Å². The van der Waals surface area contributed by atoms with E-state index in [0.717, 1.165) is 22.4 Å². The van der Waals surface area contributed by atoms with Crippen molar-refractivity contribution < 1.29 is 14.6 Å². The molecule has 0 radical (unpaired) electrons. The zero-order valence-corrected chi connectivity index (χ0v) is 15.7. The van der Waals surface area contributed by atoms with Crippen LogP contribution in [0.4, 0.5) is 5.69 Å². The van der Waals surface area contributed by atoms with Gasteiger partial charge < -0.3 is 19.1 Å². The molecular weight excluding hydrogens is 366 g/mol. The molecule has 0 aliphatic carbocycles. The number of carbonyl (C=O) groups excluding carboxylic acids is 1. The van der Waals surface area contributed by atoms with E-state index in [1.165, 1.54) is 0 Å².